The molecular formula is C24H33ClN4O6S4. The number of sulfonamides is 2. The summed E-state index contributed by atoms with van der Waals surface area (Å²) in [7, 11) is -7.34. The number of hydrogen-bond donors (Lipinski definition) is 2. The van der Waals surface area contributed by atoms with Crippen molar-refractivity contribution in [3.8, 4) is 9.75 Å². The van der Waals surface area contributed by atoms with Crippen LogP contribution in [0, 0.1) is 0 Å². The molecule has 2 unspecified atom stereocenters. The van der Waals surface area contributed by atoms with Crippen molar-refractivity contribution in [2.75, 3.05) is 31.9 Å². The van der Waals surface area contributed by atoms with Gasteiger partial charge in [0.05, 0.1) is 16.6 Å². The van der Waals surface area contributed by atoms with Gasteiger partial charge in [-0.3, -0.25) is 9.59 Å². The second-order valence-electron chi connectivity index (χ2n) is 9.70. The Balaban J connectivity index is 1.35. The Morgan fingerprint density at radius 1 is 1.05 bits per heavy atom. The third kappa shape index (κ3) is 7.80. The summed E-state index contributed by atoms with van der Waals surface area (Å²) in [5, 5.41) is 0. The average molecular weight is 637 g/mol. The highest BCUT2D eigenvalue weighted by molar-refractivity contribution is 7.91. The number of hydrogen-bond acceptors (Lipinski definition) is 8. The zero-order valence-electron chi connectivity index (χ0n) is 21.6. The lowest BCUT2D eigenvalue weighted by atomic mass is 10.1. The topological polar surface area (TPSA) is 133 Å². The van der Waals surface area contributed by atoms with Gasteiger partial charge in [-0.15, -0.1) is 22.7 Å². The van der Waals surface area contributed by atoms with E-state index in [0.29, 0.717) is 43.1 Å². The van der Waals surface area contributed by atoms with Crippen LogP contribution in [0.4, 0.5) is 0 Å². The Morgan fingerprint density at radius 2 is 1.77 bits per heavy atom. The minimum Gasteiger partial charge on any atom is -0.337 e. The molecule has 2 fully saturated rings. The predicted molar refractivity (Wildman–Crippen MR) is 154 cm³/mol. The first-order valence-corrected chi connectivity index (χ1v) is 18.1. The van der Waals surface area contributed by atoms with Crippen LogP contribution in [0.1, 0.15) is 45.4 Å². The molecule has 0 radical (unpaired) electrons. The van der Waals surface area contributed by atoms with E-state index in [1.807, 2.05) is 13.0 Å². The molecule has 15 heteroatoms. The summed E-state index contributed by atoms with van der Waals surface area (Å²) in [6.45, 7) is 2.75. The van der Waals surface area contributed by atoms with Crippen molar-refractivity contribution in [1.82, 2.24) is 19.2 Å². The highest BCUT2D eigenvalue weighted by Gasteiger charge is 2.36. The van der Waals surface area contributed by atoms with Gasteiger partial charge < -0.3 is 9.80 Å². The first kappa shape index (κ1) is 30.4. The molecule has 2 aliphatic rings. The second kappa shape index (κ2) is 13.0. The molecule has 0 bridgehead atoms. The summed E-state index contributed by atoms with van der Waals surface area (Å²) >= 11 is 8.45. The van der Waals surface area contributed by atoms with Gasteiger partial charge in [-0.05, 0) is 56.4 Å². The molecule has 2 N–H and O–H groups in total. The summed E-state index contributed by atoms with van der Waals surface area (Å²) in [5.41, 5.74) is 0. The minimum atomic E-state index is -3.95. The maximum atomic E-state index is 13.2. The van der Waals surface area contributed by atoms with Crippen molar-refractivity contribution < 1.29 is 26.4 Å². The maximum Gasteiger partial charge on any atom is 0.250 e. The zero-order chi connectivity index (χ0) is 28.2. The molecule has 2 aromatic heterocycles. The number of piperidine rings is 1. The lowest BCUT2D eigenvalue weighted by Crippen LogP contribution is -2.55. The summed E-state index contributed by atoms with van der Waals surface area (Å²) < 4.78 is 56.4. The Morgan fingerprint density at radius 3 is 2.49 bits per heavy atom. The van der Waals surface area contributed by atoms with Crippen LogP contribution in [0.15, 0.2) is 28.5 Å². The summed E-state index contributed by atoms with van der Waals surface area (Å²) in [4.78, 5) is 31.0. The van der Waals surface area contributed by atoms with Crippen LogP contribution in [0.3, 0.4) is 0 Å². The van der Waals surface area contributed by atoms with Gasteiger partial charge in [0.25, 0.3) is 10.0 Å². The third-order valence-electron chi connectivity index (χ3n) is 6.82. The Kier molecular flexibility index (Phi) is 10.1. The van der Waals surface area contributed by atoms with E-state index in [-0.39, 0.29) is 35.0 Å². The highest BCUT2D eigenvalue weighted by atomic mass is 35.5. The second-order valence-corrected chi connectivity index (χ2v) is 16.4. The molecule has 2 aliphatic heterocycles. The van der Waals surface area contributed by atoms with Crippen molar-refractivity contribution in [2.45, 2.75) is 61.7 Å². The van der Waals surface area contributed by atoms with E-state index < -0.39 is 32.0 Å². The largest absolute Gasteiger partial charge is 0.337 e. The van der Waals surface area contributed by atoms with Crippen molar-refractivity contribution in [1.29, 1.82) is 0 Å². The average Bonchev–Trinajstić information content (AvgIpc) is 3.65. The lowest BCUT2D eigenvalue weighted by Gasteiger charge is -2.34. The quantitative estimate of drug-likeness (QED) is 0.368. The van der Waals surface area contributed by atoms with E-state index >= 15 is 0 Å². The van der Waals surface area contributed by atoms with E-state index in [4.69, 9.17) is 11.6 Å². The van der Waals surface area contributed by atoms with Crippen LogP contribution < -0.4 is 9.44 Å². The van der Waals surface area contributed by atoms with Gasteiger partial charge in [-0.25, -0.2) is 21.6 Å². The van der Waals surface area contributed by atoms with Crippen molar-refractivity contribution >= 4 is 66.1 Å². The van der Waals surface area contributed by atoms with Crippen LogP contribution in [0.5, 0.6) is 0 Å². The van der Waals surface area contributed by atoms with Crippen LogP contribution >= 0.6 is 34.3 Å². The molecule has 2 aromatic rings. The number of carbonyl (C=O) groups is 2. The van der Waals surface area contributed by atoms with Crippen LogP contribution in [-0.2, 0) is 29.6 Å². The van der Waals surface area contributed by atoms with Crippen LogP contribution in [0.2, 0.25) is 4.34 Å². The fourth-order valence-electron chi connectivity index (χ4n) is 4.76. The molecule has 216 valence electrons. The van der Waals surface area contributed by atoms with Gasteiger partial charge >= 0.3 is 0 Å². The molecule has 39 heavy (non-hydrogen) atoms. The smallest absolute Gasteiger partial charge is 0.250 e. The molecule has 2 saturated heterocycles. The van der Waals surface area contributed by atoms with E-state index in [9.17, 15) is 26.4 Å². The molecule has 0 saturated carbocycles. The molecule has 2 atom stereocenters. The number of thiophene rings is 2. The number of halogens is 1. The Hall–Kier alpha value is -1.55. The summed E-state index contributed by atoms with van der Waals surface area (Å²) in [5.74, 6) is -0.644. The van der Waals surface area contributed by atoms with E-state index in [1.165, 1.54) is 22.3 Å². The standard InChI is InChI=1S/C24H33ClN4O6S4/c1-2-3-14-38(32,33)26-15-17-6-4-13-29(17)22(30)16-28-12-5-7-18(24(28)31)27-39(34,35)23-11-9-20(37-23)19-8-10-21(25)36-19/h8-11,17-18,26-27H,2-7,12-16H2,1H3. The third-order valence-corrected chi connectivity index (χ3v) is 12.7. The number of likely N-dealkylation sites (tertiary alicyclic amines) is 2. The zero-order valence-corrected chi connectivity index (χ0v) is 25.6. The van der Waals surface area contributed by atoms with Gasteiger partial charge in [-0.1, -0.05) is 24.9 Å². The van der Waals surface area contributed by atoms with Crippen molar-refractivity contribution in [3.05, 3.63) is 28.6 Å². The van der Waals surface area contributed by atoms with Gasteiger partial charge in [0.2, 0.25) is 21.8 Å². The molecule has 0 aliphatic carbocycles. The SMILES string of the molecule is CCCCS(=O)(=O)NCC1CCCN1C(=O)CN1CCCC(NS(=O)(=O)c2ccc(-c3ccc(Cl)s3)s2)C1=O. The molecule has 10 nitrogen and oxygen atoms in total. The fourth-order valence-corrected chi connectivity index (χ4v) is 9.70. The Bertz CT molecular complexity index is 1390. The van der Waals surface area contributed by atoms with Crippen LogP contribution in [-0.4, -0.2) is 82.5 Å². The molecule has 2 amide bonds. The fraction of sp³-hybridized carbons (Fsp3) is 0.583. The number of nitrogens with zero attached hydrogens (tertiary/aromatic N) is 2. The molecule has 0 spiro atoms. The van der Waals surface area contributed by atoms with Gasteiger partial charge in [-0.2, -0.15) is 4.72 Å². The maximum absolute atomic E-state index is 13.2. The van der Waals surface area contributed by atoms with E-state index in [2.05, 4.69) is 9.44 Å². The van der Waals surface area contributed by atoms with Gasteiger partial charge in [0, 0.05) is 35.4 Å². The molecular weight excluding hydrogens is 604 g/mol. The number of unbranched alkanes of at least 4 members (excludes halogenated alkanes) is 1. The number of rotatable bonds is 12. The summed E-state index contributed by atoms with van der Waals surface area (Å²) in [6.07, 6.45) is 3.67. The van der Waals surface area contributed by atoms with E-state index in [0.717, 1.165) is 33.9 Å². The first-order valence-electron chi connectivity index (χ1n) is 12.9. The van der Waals surface area contributed by atoms with Crippen molar-refractivity contribution in [2.24, 2.45) is 0 Å². The molecule has 4 rings (SSSR count). The lowest BCUT2D eigenvalue weighted by molar-refractivity contribution is -0.143. The van der Waals surface area contributed by atoms with Gasteiger partial charge in [0.1, 0.15) is 10.3 Å². The van der Waals surface area contributed by atoms with Crippen LogP contribution in [0.25, 0.3) is 9.75 Å². The predicted octanol–water partition coefficient (Wildman–Crippen LogP) is 3.11. The number of amides is 2. The monoisotopic (exact) mass is 636 g/mol. The van der Waals surface area contributed by atoms with Crippen molar-refractivity contribution in [3.63, 3.8) is 0 Å². The Labute approximate surface area is 242 Å². The number of nitrogens with one attached hydrogen (secondary N) is 2. The highest BCUT2D eigenvalue weighted by Crippen LogP contribution is 2.37. The number of carbonyl (C=O) groups excluding carboxylic acids is 2. The molecule has 4 heterocycles. The summed E-state index contributed by atoms with van der Waals surface area (Å²) in [6, 6.07) is 5.57. The minimum absolute atomic E-state index is 0.0545. The van der Waals surface area contributed by atoms with Gasteiger partial charge in [0.15, 0.2) is 0 Å². The first-order chi connectivity index (χ1) is 18.5. The molecule has 0 aromatic carbocycles. The van der Waals surface area contributed by atoms with E-state index in [1.54, 1.807) is 17.0 Å². The normalized spacial score (nSPS) is 20.6.